The molecule has 2 atom stereocenters. The summed E-state index contributed by atoms with van der Waals surface area (Å²) in [5.74, 6) is 1.21. The van der Waals surface area contributed by atoms with Gasteiger partial charge >= 0.3 is 0 Å². The summed E-state index contributed by atoms with van der Waals surface area (Å²) in [7, 11) is -0.804. The van der Waals surface area contributed by atoms with Crippen LogP contribution in [0.5, 0.6) is 0 Å². The van der Waals surface area contributed by atoms with Crippen LogP contribution in [0.4, 0.5) is 11.5 Å². The lowest BCUT2D eigenvalue weighted by Crippen LogP contribution is -2.18. The van der Waals surface area contributed by atoms with Crippen LogP contribution in [0.15, 0.2) is 18.3 Å². The van der Waals surface area contributed by atoms with Crippen LogP contribution >= 0.6 is 0 Å². The second kappa shape index (κ2) is 6.29. The van der Waals surface area contributed by atoms with Gasteiger partial charge in [-0.05, 0) is 19.4 Å². The molecule has 17 heavy (non-hydrogen) atoms. The van der Waals surface area contributed by atoms with Crippen LogP contribution < -0.4 is 5.32 Å². The number of nitrogens with one attached hydrogen (secondary N) is 1. The summed E-state index contributed by atoms with van der Waals surface area (Å²) in [6.45, 7) is 1.95. The van der Waals surface area contributed by atoms with E-state index in [-0.39, 0.29) is 11.7 Å². The van der Waals surface area contributed by atoms with E-state index in [0.29, 0.717) is 11.6 Å². The Morgan fingerprint density at radius 3 is 2.76 bits per heavy atom. The zero-order valence-corrected chi connectivity index (χ0v) is 10.6. The summed E-state index contributed by atoms with van der Waals surface area (Å²) in [5, 5.41) is 13.5. The number of nitro groups is 1. The van der Waals surface area contributed by atoms with E-state index < -0.39 is 15.7 Å². The lowest BCUT2D eigenvalue weighted by atomic mass is 10.2. The molecule has 0 spiro atoms. The Labute approximate surface area is 102 Å². The van der Waals surface area contributed by atoms with Gasteiger partial charge in [0.15, 0.2) is 0 Å². The van der Waals surface area contributed by atoms with Crippen molar-refractivity contribution in [1.29, 1.82) is 0 Å². The third-order valence-electron chi connectivity index (χ3n) is 2.19. The average Bonchev–Trinajstić information content (AvgIpc) is 2.27. The fraction of sp³-hybridized carbons (Fsp3) is 0.500. The van der Waals surface area contributed by atoms with Crippen molar-refractivity contribution < 1.29 is 9.13 Å². The number of anilines is 1. The number of hydrogen-bond donors (Lipinski definition) is 1. The smallest absolute Gasteiger partial charge is 0.287 e. The van der Waals surface area contributed by atoms with Gasteiger partial charge in [-0.15, -0.1) is 0 Å². The van der Waals surface area contributed by atoms with E-state index in [1.54, 1.807) is 12.3 Å². The van der Waals surface area contributed by atoms with Crippen molar-refractivity contribution in [2.75, 3.05) is 17.3 Å². The zero-order valence-electron chi connectivity index (χ0n) is 9.75. The molecule has 0 aliphatic rings. The lowest BCUT2D eigenvalue weighted by Gasteiger charge is -2.13. The second-order valence-corrected chi connectivity index (χ2v) is 5.32. The number of aromatic nitrogens is 1. The molecule has 0 aromatic carbocycles. The molecule has 1 rings (SSSR count). The monoisotopic (exact) mass is 257 g/mol. The van der Waals surface area contributed by atoms with Crippen molar-refractivity contribution in [3.8, 4) is 0 Å². The van der Waals surface area contributed by atoms with Crippen molar-refractivity contribution in [3.05, 3.63) is 28.4 Å². The maximum absolute atomic E-state index is 10.9. The normalized spacial score (nSPS) is 14.0. The first-order chi connectivity index (χ1) is 7.99. The molecular formula is C10H15N3O3S. The van der Waals surface area contributed by atoms with Crippen LogP contribution in [0, 0.1) is 10.1 Å². The van der Waals surface area contributed by atoms with Crippen LogP contribution in [0.2, 0.25) is 0 Å². The van der Waals surface area contributed by atoms with Crippen molar-refractivity contribution in [2.24, 2.45) is 0 Å². The van der Waals surface area contributed by atoms with Gasteiger partial charge in [0, 0.05) is 34.9 Å². The highest BCUT2D eigenvalue weighted by Crippen LogP contribution is 2.13. The van der Waals surface area contributed by atoms with E-state index in [4.69, 9.17) is 0 Å². The third kappa shape index (κ3) is 4.90. The molecule has 7 heteroatoms. The number of hydrogen-bond acceptors (Lipinski definition) is 5. The standard InChI is InChI=1S/C10H15N3O3S/c1-8(5-6-17(2)16)12-10-4-3-9(7-11-10)13(14)15/h3-4,7-8H,5-6H2,1-2H3,(H,11,12). The molecule has 1 heterocycles. The van der Waals surface area contributed by atoms with Gasteiger partial charge < -0.3 is 5.32 Å². The Hall–Kier alpha value is -1.50. The summed E-state index contributed by atoms with van der Waals surface area (Å²) >= 11 is 0. The SMILES string of the molecule is CC(CCS(C)=O)Nc1ccc([N+](=O)[O-])cn1. The van der Waals surface area contributed by atoms with E-state index in [1.165, 1.54) is 12.3 Å². The maximum Gasteiger partial charge on any atom is 0.287 e. The summed E-state index contributed by atoms with van der Waals surface area (Å²) in [6.07, 6.45) is 3.64. The predicted octanol–water partition coefficient (Wildman–Crippen LogP) is 1.56. The molecule has 1 aromatic heterocycles. The van der Waals surface area contributed by atoms with Gasteiger partial charge in [-0.25, -0.2) is 4.98 Å². The van der Waals surface area contributed by atoms with E-state index >= 15 is 0 Å². The molecule has 1 aromatic rings. The highest BCUT2D eigenvalue weighted by Gasteiger charge is 2.07. The summed E-state index contributed by atoms with van der Waals surface area (Å²) in [6, 6.07) is 3.10. The van der Waals surface area contributed by atoms with Crippen LogP contribution in [0.25, 0.3) is 0 Å². The van der Waals surface area contributed by atoms with E-state index in [1.807, 2.05) is 6.92 Å². The molecule has 2 unspecified atom stereocenters. The number of nitrogens with zero attached hydrogens (tertiary/aromatic N) is 2. The van der Waals surface area contributed by atoms with Gasteiger partial charge in [0.2, 0.25) is 0 Å². The highest BCUT2D eigenvalue weighted by atomic mass is 32.2. The first-order valence-corrected chi connectivity index (χ1v) is 6.88. The van der Waals surface area contributed by atoms with E-state index in [2.05, 4.69) is 10.3 Å². The first kappa shape index (κ1) is 13.6. The molecule has 0 bridgehead atoms. The molecule has 0 saturated heterocycles. The lowest BCUT2D eigenvalue weighted by molar-refractivity contribution is -0.385. The Kier molecular flexibility index (Phi) is 5.02. The first-order valence-electron chi connectivity index (χ1n) is 5.16. The fourth-order valence-electron chi connectivity index (χ4n) is 1.25. The van der Waals surface area contributed by atoms with E-state index in [0.717, 1.165) is 6.42 Å². The number of pyridine rings is 1. The minimum absolute atomic E-state index is 0.0298. The van der Waals surface area contributed by atoms with Crippen molar-refractivity contribution in [2.45, 2.75) is 19.4 Å². The topological polar surface area (TPSA) is 85.1 Å². The molecule has 94 valence electrons. The van der Waals surface area contributed by atoms with Crippen molar-refractivity contribution in [1.82, 2.24) is 4.98 Å². The Bertz CT molecular complexity index is 408. The zero-order chi connectivity index (χ0) is 12.8. The quantitative estimate of drug-likeness (QED) is 0.617. The molecule has 0 saturated carbocycles. The van der Waals surface area contributed by atoms with Gasteiger partial charge in [0.25, 0.3) is 5.69 Å². The van der Waals surface area contributed by atoms with Crippen LogP contribution in [-0.2, 0) is 10.8 Å². The predicted molar refractivity (Wildman–Crippen MR) is 67.5 cm³/mol. The van der Waals surface area contributed by atoms with Gasteiger partial charge in [0.05, 0.1) is 4.92 Å². The molecule has 0 aliphatic carbocycles. The fourth-order valence-corrected chi connectivity index (χ4v) is 1.93. The summed E-state index contributed by atoms with van der Waals surface area (Å²) in [5.41, 5.74) is -0.0298. The van der Waals surface area contributed by atoms with Crippen molar-refractivity contribution >= 4 is 22.3 Å². The molecule has 1 N–H and O–H groups in total. The van der Waals surface area contributed by atoms with Gasteiger partial charge in [-0.2, -0.15) is 0 Å². The Morgan fingerprint density at radius 1 is 1.59 bits per heavy atom. The van der Waals surface area contributed by atoms with Gasteiger partial charge in [0.1, 0.15) is 12.0 Å². The maximum atomic E-state index is 10.9. The molecule has 0 radical (unpaired) electrons. The average molecular weight is 257 g/mol. The summed E-state index contributed by atoms with van der Waals surface area (Å²) < 4.78 is 10.9. The van der Waals surface area contributed by atoms with Crippen molar-refractivity contribution in [3.63, 3.8) is 0 Å². The largest absolute Gasteiger partial charge is 0.368 e. The molecule has 0 amide bonds. The highest BCUT2D eigenvalue weighted by molar-refractivity contribution is 7.84. The molecule has 6 nitrogen and oxygen atoms in total. The second-order valence-electron chi connectivity index (χ2n) is 3.77. The molecule has 0 aliphatic heterocycles. The minimum Gasteiger partial charge on any atom is -0.368 e. The molecule has 0 fully saturated rings. The van der Waals surface area contributed by atoms with Gasteiger partial charge in [-0.3, -0.25) is 14.3 Å². The number of rotatable bonds is 6. The van der Waals surface area contributed by atoms with Crippen LogP contribution in [0.1, 0.15) is 13.3 Å². The van der Waals surface area contributed by atoms with Crippen LogP contribution in [-0.4, -0.2) is 32.2 Å². The molecular weight excluding hydrogens is 242 g/mol. The minimum atomic E-state index is -0.804. The van der Waals surface area contributed by atoms with Crippen LogP contribution in [0.3, 0.4) is 0 Å². The third-order valence-corrected chi connectivity index (χ3v) is 3.00. The Morgan fingerprint density at radius 2 is 2.29 bits per heavy atom. The van der Waals surface area contributed by atoms with E-state index in [9.17, 15) is 14.3 Å². The Balaban J connectivity index is 2.51. The summed E-state index contributed by atoms with van der Waals surface area (Å²) in [4.78, 5) is 13.9. The van der Waals surface area contributed by atoms with Gasteiger partial charge in [-0.1, -0.05) is 0 Å².